The summed E-state index contributed by atoms with van der Waals surface area (Å²) in [6, 6.07) is 3.88. The van der Waals surface area contributed by atoms with Crippen molar-refractivity contribution >= 4 is 17.5 Å². The van der Waals surface area contributed by atoms with Crippen molar-refractivity contribution in [1.82, 2.24) is 15.2 Å². The van der Waals surface area contributed by atoms with Crippen LogP contribution >= 0.6 is 0 Å². The lowest BCUT2D eigenvalue weighted by Gasteiger charge is -2.37. The van der Waals surface area contributed by atoms with Crippen molar-refractivity contribution in [3.8, 4) is 6.07 Å². The van der Waals surface area contributed by atoms with E-state index in [0.29, 0.717) is 37.3 Å². The maximum atomic E-state index is 13.7. The summed E-state index contributed by atoms with van der Waals surface area (Å²) in [5, 5.41) is 28.2. The number of carbonyl (C=O) groups excluding carboxylic acids is 1. The number of carbonyl (C=O) groups is 1. The van der Waals surface area contributed by atoms with E-state index in [1.165, 1.54) is 6.20 Å². The van der Waals surface area contributed by atoms with Crippen LogP contribution in [0.25, 0.3) is 0 Å². The molecule has 1 atom stereocenters. The number of nitrogens with zero attached hydrogens (tertiary/aromatic N) is 4. The molecule has 8 nitrogen and oxygen atoms in total. The number of nitriles is 1. The first-order valence-corrected chi connectivity index (χ1v) is 9.43. The Labute approximate surface area is 169 Å². The van der Waals surface area contributed by atoms with Gasteiger partial charge < -0.3 is 15.3 Å². The van der Waals surface area contributed by atoms with Crippen molar-refractivity contribution < 1.29 is 23.1 Å². The molecular weight excluding hydrogens is 401 g/mol. The number of piperidine rings is 1. The molecule has 1 saturated heterocycles. The summed E-state index contributed by atoms with van der Waals surface area (Å²) in [6.07, 6.45) is -3.57. The maximum absolute atomic E-state index is 13.7. The van der Waals surface area contributed by atoms with Crippen LogP contribution in [-0.2, 0) is 10.4 Å². The van der Waals surface area contributed by atoms with Crippen LogP contribution in [-0.4, -0.2) is 45.5 Å². The number of fused-ring (bicyclic) bond motifs is 1. The van der Waals surface area contributed by atoms with E-state index in [1.807, 2.05) is 17.9 Å². The van der Waals surface area contributed by atoms with Gasteiger partial charge in [-0.05, 0) is 31.4 Å². The fraction of sp³-hybridized carbons (Fsp3) is 0.474. The van der Waals surface area contributed by atoms with Gasteiger partial charge in [0.2, 0.25) is 5.91 Å². The van der Waals surface area contributed by atoms with Crippen molar-refractivity contribution in [1.29, 1.82) is 5.26 Å². The molecule has 158 valence electrons. The van der Waals surface area contributed by atoms with Gasteiger partial charge in [0.1, 0.15) is 11.9 Å². The number of aryl methyl sites for hydroxylation is 1. The first kappa shape index (κ1) is 20.2. The van der Waals surface area contributed by atoms with Crippen LogP contribution in [0, 0.1) is 18.3 Å². The van der Waals surface area contributed by atoms with E-state index in [1.54, 1.807) is 0 Å². The summed E-state index contributed by atoms with van der Waals surface area (Å²) >= 11 is 0. The van der Waals surface area contributed by atoms with Crippen LogP contribution in [0.2, 0.25) is 0 Å². The molecule has 4 rings (SSSR count). The zero-order valence-corrected chi connectivity index (χ0v) is 16.0. The summed E-state index contributed by atoms with van der Waals surface area (Å²) in [6.45, 7) is 2.89. The summed E-state index contributed by atoms with van der Waals surface area (Å²) in [5.74, 6) is -0.790. The normalized spacial score (nSPS) is 22.4. The molecule has 11 heteroatoms. The molecule has 1 unspecified atom stereocenters. The number of H-pyrrole nitrogens is 1. The van der Waals surface area contributed by atoms with E-state index in [9.17, 15) is 23.1 Å². The second kappa shape index (κ2) is 6.98. The zero-order chi connectivity index (χ0) is 21.7. The molecule has 0 bridgehead atoms. The molecule has 30 heavy (non-hydrogen) atoms. The fourth-order valence-corrected chi connectivity index (χ4v) is 4.13. The lowest BCUT2D eigenvalue weighted by molar-refractivity contribution is -0.267. The smallest absolute Gasteiger partial charge is 0.376 e. The van der Waals surface area contributed by atoms with Gasteiger partial charge in [-0.1, -0.05) is 0 Å². The number of amides is 1. The van der Waals surface area contributed by atoms with Crippen molar-refractivity contribution in [3.05, 3.63) is 34.6 Å². The molecular formula is C19H19F3N6O2. The number of rotatable bonds is 2. The number of aromatic amines is 1. The van der Waals surface area contributed by atoms with Crippen LogP contribution in [0.15, 0.2) is 12.3 Å². The molecule has 2 aliphatic rings. The minimum Gasteiger partial charge on any atom is -0.376 e. The van der Waals surface area contributed by atoms with Crippen molar-refractivity contribution in [2.75, 3.05) is 23.3 Å². The topological polar surface area (TPSA) is 118 Å². The standard InChI is InChI=1S/C19H19F3N6O2/c1-10-6-13(24-9-12(10)8-23)28-4-2-11(3-5-28)16-15-17(27-26-16)25-14(29)7-18(15,30)19(20,21)22/h6,9,11,30H,2-5,7H2,1H3,(H2,25,26,27,29). The molecule has 0 radical (unpaired) electrons. The highest BCUT2D eigenvalue weighted by atomic mass is 19.4. The number of halogens is 3. The molecule has 0 aromatic carbocycles. The monoisotopic (exact) mass is 420 g/mol. The van der Waals surface area contributed by atoms with E-state index in [4.69, 9.17) is 5.26 Å². The highest BCUT2D eigenvalue weighted by Gasteiger charge is 2.61. The lowest BCUT2D eigenvalue weighted by atomic mass is 9.81. The van der Waals surface area contributed by atoms with E-state index >= 15 is 0 Å². The van der Waals surface area contributed by atoms with Gasteiger partial charge in [-0.2, -0.15) is 23.5 Å². The minimum absolute atomic E-state index is 0.202. The van der Waals surface area contributed by atoms with Gasteiger partial charge in [0.15, 0.2) is 11.4 Å². The molecule has 0 aliphatic carbocycles. The van der Waals surface area contributed by atoms with Gasteiger partial charge in [-0.15, -0.1) is 0 Å². The third-order valence-corrected chi connectivity index (χ3v) is 5.80. The molecule has 2 aromatic rings. The van der Waals surface area contributed by atoms with Crippen LogP contribution in [0.3, 0.4) is 0 Å². The number of alkyl halides is 3. The van der Waals surface area contributed by atoms with E-state index in [2.05, 4.69) is 26.6 Å². The Bertz CT molecular complexity index is 1040. The Morgan fingerprint density at radius 3 is 2.67 bits per heavy atom. The second-order valence-electron chi connectivity index (χ2n) is 7.67. The summed E-state index contributed by atoms with van der Waals surface area (Å²) < 4.78 is 41.0. The van der Waals surface area contributed by atoms with Crippen molar-refractivity contribution in [3.63, 3.8) is 0 Å². The van der Waals surface area contributed by atoms with Crippen molar-refractivity contribution in [2.24, 2.45) is 0 Å². The fourth-order valence-electron chi connectivity index (χ4n) is 4.13. The largest absolute Gasteiger partial charge is 0.422 e. The third-order valence-electron chi connectivity index (χ3n) is 5.80. The number of pyridine rings is 1. The number of aliphatic hydroxyl groups is 1. The number of anilines is 2. The highest BCUT2D eigenvalue weighted by Crippen LogP contribution is 2.49. The van der Waals surface area contributed by atoms with Crippen LogP contribution < -0.4 is 10.2 Å². The Kier molecular flexibility index (Phi) is 4.69. The number of aromatic nitrogens is 3. The molecule has 0 spiro atoms. The van der Waals surface area contributed by atoms with Gasteiger partial charge in [-0.3, -0.25) is 9.89 Å². The Morgan fingerprint density at radius 1 is 1.37 bits per heavy atom. The maximum Gasteiger partial charge on any atom is 0.422 e. The highest BCUT2D eigenvalue weighted by molar-refractivity contribution is 5.94. The van der Waals surface area contributed by atoms with Gasteiger partial charge in [0.05, 0.1) is 17.5 Å². The minimum atomic E-state index is -5.01. The molecule has 1 fully saturated rings. The molecule has 4 heterocycles. The first-order valence-electron chi connectivity index (χ1n) is 9.43. The van der Waals surface area contributed by atoms with Gasteiger partial charge in [0.25, 0.3) is 0 Å². The molecule has 2 aromatic heterocycles. The second-order valence-corrected chi connectivity index (χ2v) is 7.67. The molecule has 2 aliphatic heterocycles. The average molecular weight is 420 g/mol. The van der Waals surface area contributed by atoms with Gasteiger partial charge >= 0.3 is 6.18 Å². The first-order chi connectivity index (χ1) is 14.1. The zero-order valence-electron chi connectivity index (χ0n) is 16.0. The van der Waals surface area contributed by atoms with E-state index in [-0.39, 0.29) is 23.0 Å². The number of hydrogen-bond acceptors (Lipinski definition) is 6. The Hall–Kier alpha value is -3.13. The molecule has 1 amide bonds. The predicted octanol–water partition coefficient (Wildman–Crippen LogP) is 2.46. The molecule has 3 N–H and O–H groups in total. The van der Waals surface area contributed by atoms with E-state index < -0.39 is 24.1 Å². The average Bonchev–Trinajstić information content (AvgIpc) is 3.11. The van der Waals surface area contributed by atoms with Gasteiger partial charge in [0, 0.05) is 30.9 Å². The van der Waals surface area contributed by atoms with E-state index in [0.717, 1.165) is 5.56 Å². The molecule has 0 saturated carbocycles. The summed E-state index contributed by atoms with van der Waals surface area (Å²) in [5.41, 5.74) is -2.16. The van der Waals surface area contributed by atoms with Crippen LogP contribution in [0.4, 0.5) is 24.8 Å². The predicted molar refractivity (Wildman–Crippen MR) is 99.7 cm³/mol. The van der Waals surface area contributed by atoms with Crippen LogP contribution in [0.1, 0.15) is 47.6 Å². The van der Waals surface area contributed by atoms with Gasteiger partial charge in [-0.25, -0.2) is 4.98 Å². The summed E-state index contributed by atoms with van der Waals surface area (Å²) in [4.78, 5) is 18.0. The van der Waals surface area contributed by atoms with Crippen molar-refractivity contribution in [2.45, 2.75) is 43.9 Å². The third kappa shape index (κ3) is 3.17. The lowest BCUT2D eigenvalue weighted by Crippen LogP contribution is -2.49. The Morgan fingerprint density at radius 2 is 2.07 bits per heavy atom. The summed E-state index contributed by atoms with van der Waals surface area (Å²) in [7, 11) is 0. The quantitative estimate of drug-likeness (QED) is 0.687. The number of hydrogen-bond donors (Lipinski definition) is 3. The Balaban J connectivity index is 1.58. The number of nitrogens with one attached hydrogen (secondary N) is 2. The SMILES string of the molecule is Cc1cc(N2CCC(c3[nH]nc4c3C(O)(C(F)(F)F)CC(=O)N4)CC2)ncc1C#N. The van der Waals surface area contributed by atoms with Crippen LogP contribution in [0.5, 0.6) is 0 Å².